The number of thiazole rings is 1. The molecule has 0 bridgehead atoms. The number of aromatic nitrogens is 3. The molecule has 36 heavy (non-hydrogen) atoms. The Bertz CT molecular complexity index is 1330. The number of benzene rings is 1. The number of rotatable bonds is 8. The molecule has 0 saturated carbocycles. The van der Waals surface area contributed by atoms with Crippen LogP contribution in [0.15, 0.2) is 35.2 Å². The molecule has 3 aromatic rings. The van der Waals surface area contributed by atoms with Gasteiger partial charge in [-0.3, -0.25) is 5.32 Å². The van der Waals surface area contributed by atoms with Crippen molar-refractivity contribution in [1.29, 1.82) is 0 Å². The van der Waals surface area contributed by atoms with Crippen LogP contribution in [0, 0.1) is 6.92 Å². The molecular formula is C24H29N5O5S2. The van der Waals surface area contributed by atoms with Crippen molar-refractivity contribution in [2.24, 2.45) is 0 Å². The maximum atomic E-state index is 12.2. The van der Waals surface area contributed by atoms with Crippen molar-refractivity contribution in [2.75, 3.05) is 36.2 Å². The number of nitrogens with one attached hydrogen (secondary N) is 1. The molecule has 2 N–H and O–H groups in total. The maximum absolute atomic E-state index is 12.2. The second kappa shape index (κ2) is 10.9. The molecule has 12 heteroatoms. The van der Waals surface area contributed by atoms with Gasteiger partial charge >= 0.3 is 5.97 Å². The minimum absolute atomic E-state index is 0.264. The SMILES string of the molecule is CCOC(=O)c1sc(Nc2nc(Cc3ccc(S(C)(=O)=O)cc3)cc(N3CCC(O)CC3)n2)nc1C. The number of hydrogen-bond donors (Lipinski definition) is 2. The number of anilines is 3. The van der Waals surface area contributed by atoms with Crippen LogP contribution in [0.1, 0.15) is 46.4 Å². The zero-order chi connectivity index (χ0) is 25.9. The molecule has 192 valence electrons. The third-order valence-corrected chi connectivity index (χ3v) is 7.95. The van der Waals surface area contributed by atoms with Gasteiger partial charge in [-0.05, 0) is 44.4 Å². The van der Waals surface area contributed by atoms with Crippen molar-refractivity contribution in [2.45, 2.75) is 44.1 Å². The number of sulfone groups is 1. The summed E-state index contributed by atoms with van der Waals surface area (Å²) >= 11 is 1.18. The van der Waals surface area contributed by atoms with Gasteiger partial charge in [0, 0.05) is 31.8 Å². The molecule has 10 nitrogen and oxygen atoms in total. The van der Waals surface area contributed by atoms with E-state index in [0.29, 0.717) is 54.0 Å². The highest BCUT2D eigenvalue weighted by Crippen LogP contribution is 2.27. The second-order valence-electron chi connectivity index (χ2n) is 8.63. The van der Waals surface area contributed by atoms with Gasteiger partial charge < -0.3 is 14.7 Å². The molecule has 0 amide bonds. The minimum Gasteiger partial charge on any atom is -0.462 e. The number of aliphatic hydroxyl groups is 1. The Balaban J connectivity index is 1.62. The van der Waals surface area contributed by atoms with Gasteiger partial charge in [0.15, 0.2) is 15.0 Å². The van der Waals surface area contributed by atoms with E-state index in [-0.39, 0.29) is 17.6 Å². The number of piperidine rings is 1. The molecule has 0 aliphatic carbocycles. The lowest BCUT2D eigenvalue weighted by Gasteiger charge is -2.30. The summed E-state index contributed by atoms with van der Waals surface area (Å²) in [7, 11) is -3.27. The Hall–Kier alpha value is -3.09. The number of esters is 1. The van der Waals surface area contributed by atoms with E-state index in [1.54, 1.807) is 38.1 Å². The van der Waals surface area contributed by atoms with Gasteiger partial charge in [-0.15, -0.1) is 0 Å². The molecule has 0 spiro atoms. The van der Waals surface area contributed by atoms with E-state index in [0.717, 1.165) is 17.1 Å². The summed E-state index contributed by atoms with van der Waals surface area (Å²) in [6.07, 6.45) is 2.65. The van der Waals surface area contributed by atoms with Gasteiger partial charge in [-0.1, -0.05) is 23.5 Å². The van der Waals surface area contributed by atoms with Crippen LogP contribution in [0.3, 0.4) is 0 Å². The minimum atomic E-state index is -3.27. The zero-order valence-corrected chi connectivity index (χ0v) is 22.0. The Morgan fingerprint density at radius 1 is 1.19 bits per heavy atom. The first-order valence-corrected chi connectivity index (χ1v) is 14.3. The Kier molecular flexibility index (Phi) is 7.86. The van der Waals surface area contributed by atoms with E-state index < -0.39 is 15.8 Å². The number of aliphatic hydroxyl groups excluding tert-OH is 1. The zero-order valence-electron chi connectivity index (χ0n) is 20.4. The van der Waals surface area contributed by atoms with Crippen LogP contribution < -0.4 is 10.2 Å². The van der Waals surface area contributed by atoms with Crippen LogP contribution >= 0.6 is 11.3 Å². The smallest absolute Gasteiger partial charge is 0.350 e. The van der Waals surface area contributed by atoms with Crippen LogP contribution in [-0.2, 0) is 21.0 Å². The molecule has 1 saturated heterocycles. The predicted octanol–water partition coefficient (Wildman–Crippen LogP) is 3.12. The molecule has 0 atom stereocenters. The molecule has 1 aliphatic rings. The largest absolute Gasteiger partial charge is 0.462 e. The molecule has 1 aliphatic heterocycles. The fourth-order valence-electron chi connectivity index (χ4n) is 3.88. The molecule has 1 aromatic carbocycles. The van der Waals surface area contributed by atoms with Crippen molar-refractivity contribution >= 4 is 44.0 Å². The van der Waals surface area contributed by atoms with E-state index in [1.807, 2.05) is 6.07 Å². The molecule has 0 unspecified atom stereocenters. The summed E-state index contributed by atoms with van der Waals surface area (Å²) in [6.45, 7) is 5.12. The van der Waals surface area contributed by atoms with Crippen LogP contribution in [0.2, 0.25) is 0 Å². The van der Waals surface area contributed by atoms with Gasteiger partial charge in [0.25, 0.3) is 0 Å². The van der Waals surface area contributed by atoms with E-state index >= 15 is 0 Å². The highest BCUT2D eigenvalue weighted by Gasteiger charge is 2.21. The monoisotopic (exact) mass is 531 g/mol. The van der Waals surface area contributed by atoms with Gasteiger partial charge in [0.1, 0.15) is 10.7 Å². The third kappa shape index (κ3) is 6.37. The average Bonchev–Trinajstić information content (AvgIpc) is 3.19. The van der Waals surface area contributed by atoms with Gasteiger partial charge in [0.05, 0.1) is 29.0 Å². The second-order valence-corrected chi connectivity index (χ2v) is 11.6. The van der Waals surface area contributed by atoms with Crippen LogP contribution in [0.25, 0.3) is 0 Å². The lowest BCUT2D eigenvalue weighted by atomic mass is 10.1. The van der Waals surface area contributed by atoms with Crippen molar-refractivity contribution in [3.8, 4) is 0 Å². The normalized spacial score (nSPS) is 14.6. The molecule has 0 radical (unpaired) electrons. The van der Waals surface area contributed by atoms with E-state index in [2.05, 4.69) is 25.2 Å². The van der Waals surface area contributed by atoms with Gasteiger partial charge in [0.2, 0.25) is 5.95 Å². The highest BCUT2D eigenvalue weighted by molar-refractivity contribution is 7.90. The van der Waals surface area contributed by atoms with Crippen LogP contribution in [0.4, 0.5) is 16.9 Å². The van der Waals surface area contributed by atoms with Crippen molar-refractivity contribution in [3.63, 3.8) is 0 Å². The summed E-state index contributed by atoms with van der Waals surface area (Å²) in [5.74, 6) is 0.645. The molecule has 3 heterocycles. The van der Waals surface area contributed by atoms with E-state index in [1.165, 1.54) is 17.6 Å². The number of ether oxygens (including phenoxy) is 1. The lowest BCUT2D eigenvalue weighted by Crippen LogP contribution is -2.36. The van der Waals surface area contributed by atoms with E-state index in [4.69, 9.17) is 4.74 Å². The summed E-state index contributed by atoms with van der Waals surface area (Å²) in [5.41, 5.74) is 2.20. The molecule has 2 aromatic heterocycles. The first-order valence-electron chi connectivity index (χ1n) is 11.6. The average molecular weight is 532 g/mol. The molecular weight excluding hydrogens is 502 g/mol. The fourth-order valence-corrected chi connectivity index (χ4v) is 5.37. The van der Waals surface area contributed by atoms with Gasteiger partial charge in [-0.25, -0.2) is 23.2 Å². The standard InChI is InChI=1S/C24H29N5O5S2/c1-4-34-22(31)21-15(2)25-24(35-21)28-23-26-17(13-16-5-7-19(8-6-16)36(3,32)33)14-20(27-23)29-11-9-18(30)10-12-29/h5-8,14,18,30H,4,9-13H2,1-3H3,(H,25,26,27,28). The van der Waals surface area contributed by atoms with Crippen molar-refractivity contribution < 1.29 is 23.1 Å². The number of carbonyl (C=O) groups is 1. The third-order valence-electron chi connectivity index (χ3n) is 5.77. The van der Waals surface area contributed by atoms with Gasteiger partial charge in [-0.2, -0.15) is 4.98 Å². The number of nitrogens with zero attached hydrogens (tertiary/aromatic N) is 4. The highest BCUT2D eigenvalue weighted by atomic mass is 32.2. The Morgan fingerprint density at radius 2 is 1.89 bits per heavy atom. The van der Waals surface area contributed by atoms with Crippen molar-refractivity contribution in [1.82, 2.24) is 15.0 Å². The number of aryl methyl sites for hydroxylation is 1. The molecule has 1 fully saturated rings. The summed E-state index contributed by atoms with van der Waals surface area (Å²) < 4.78 is 28.7. The summed E-state index contributed by atoms with van der Waals surface area (Å²) in [6, 6.07) is 8.64. The van der Waals surface area contributed by atoms with Crippen LogP contribution in [0.5, 0.6) is 0 Å². The fraction of sp³-hybridized carbons (Fsp3) is 0.417. The number of hydrogen-bond acceptors (Lipinski definition) is 11. The predicted molar refractivity (Wildman–Crippen MR) is 138 cm³/mol. The Labute approximate surface area is 214 Å². The van der Waals surface area contributed by atoms with Crippen LogP contribution in [-0.4, -0.2) is 66.5 Å². The Morgan fingerprint density at radius 3 is 2.53 bits per heavy atom. The summed E-state index contributed by atoms with van der Waals surface area (Å²) in [5, 5.41) is 13.5. The first kappa shape index (κ1) is 26.0. The topological polar surface area (TPSA) is 135 Å². The quantitative estimate of drug-likeness (QED) is 0.418. The lowest BCUT2D eigenvalue weighted by molar-refractivity contribution is 0.0531. The summed E-state index contributed by atoms with van der Waals surface area (Å²) in [4.78, 5) is 28.7. The van der Waals surface area contributed by atoms with Crippen molar-refractivity contribution in [3.05, 3.63) is 52.2 Å². The first-order chi connectivity index (χ1) is 17.1. The number of carbonyl (C=O) groups excluding carboxylic acids is 1. The maximum Gasteiger partial charge on any atom is 0.350 e. The molecule has 4 rings (SSSR count). The van der Waals surface area contributed by atoms with E-state index in [9.17, 15) is 18.3 Å².